The van der Waals surface area contributed by atoms with Gasteiger partial charge in [0.05, 0.1) is 11.0 Å². The monoisotopic (exact) mass is 298 g/mol. The lowest BCUT2D eigenvalue weighted by atomic mass is 10.2. The molecule has 15 heavy (non-hydrogen) atoms. The van der Waals surface area contributed by atoms with Gasteiger partial charge < -0.3 is 4.74 Å². The summed E-state index contributed by atoms with van der Waals surface area (Å²) in [5, 5.41) is 0.603. The molecule has 1 saturated heterocycles. The van der Waals surface area contributed by atoms with Crippen molar-refractivity contribution in [3.8, 4) is 0 Å². The Bertz CT molecular complexity index is 266. The molecule has 1 heterocycles. The lowest BCUT2D eigenvalue weighted by Gasteiger charge is -2.23. The van der Waals surface area contributed by atoms with Crippen LogP contribution in [0.4, 0.5) is 0 Å². The van der Waals surface area contributed by atoms with Crippen LogP contribution in [0.5, 0.6) is 0 Å². The summed E-state index contributed by atoms with van der Waals surface area (Å²) in [6.07, 6.45) is 2.25. The van der Waals surface area contributed by atoms with Crippen molar-refractivity contribution in [3.05, 3.63) is 0 Å². The van der Waals surface area contributed by atoms with Crippen LogP contribution in [-0.4, -0.2) is 38.0 Å². The lowest BCUT2D eigenvalue weighted by Crippen LogP contribution is -2.33. The van der Waals surface area contributed by atoms with Crippen LogP contribution >= 0.6 is 15.9 Å². The predicted octanol–water partition coefficient (Wildman–Crippen LogP) is 2.00. The zero-order valence-electron chi connectivity index (χ0n) is 9.12. The highest BCUT2D eigenvalue weighted by atomic mass is 79.9. The fraction of sp³-hybridized carbons (Fsp3) is 1.00. The third-order valence-electron chi connectivity index (χ3n) is 2.94. The molecule has 0 bridgehead atoms. The Morgan fingerprint density at radius 3 is 2.47 bits per heavy atom. The molecule has 1 rings (SSSR count). The molecule has 0 radical (unpaired) electrons. The molecule has 1 unspecified atom stereocenters. The van der Waals surface area contributed by atoms with E-state index in [0.717, 1.165) is 11.8 Å². The Morgan fingerprint density at radius 2 is 2.00 bits per heavy atom. The van der Waals surface area contributed by atoms with Gasteiger partial charge in [-0.3, -0.25) is 0 Å². The van der Waals surface area contributed by atoms with Gasteiger partial charge in [-0.15, -0.1) is 0 Å². The second-order valence-electron chi connectivity index (χ2n) is 4.07. The summed E-state index contributed by atoms with van der Waals surface area (Å²) in [5.74, 6) is 0.567. The SMILES string of the molecule is CCC(CBr)CS(=O)(=O)C1CCOCC1. The standard InChI is InChI=1S/C10H19BrO3S/c1-2-9(7-11)8-15(12,13)10-3-5-14-6-4-10/h9-10H,2-8H2,1H3. The minimum absolute atomic E-state index is 0.167. The van der Waals surface area contributed by atoms with Gasteiger partial charge in [0.15, 0.2) is 9.84 Å². The molecule has 0 N–H and O–H groups in total. The van der Waals surface area contributed by atoms with Crippen molar-refractivity contribution in [3.63, 3.8) is 0 Å². The van der Waals surface area contributed by atoms with Gasteiger partial charge in [-0.25, -0.2) is 8.42 Å². The maximum atomic E-state index is 12.0. The van der Waals surface area contributed by atoms with Crippen molar-refractivity contribution in [2.24, 2.45) is 5.92 Å². The van der Waals surface area contributed by atoms with Gasteiger partial charge >= 0.3 is 0 Å². The van der Waals surface area contributed by atoms with E-state index in [1.54, 1.807) is 0 Å². The highest BCUT2D eigenvalue weighted by Gasteiger charge is 2.29. The molecule has 0 aliphatic carbocycles. The molecule has 0 spiro atoms. The Balaban J connectivity index is 2.56. The quantitative estimate of drug-likeness (QED) is 0.729. The molecular formula is C10H19BrO3S. The van der Waals surface area contributed by atoms with Crippen LogP contribution in [0.1, 0.15) is 26.2 Å². The molecular weight excluding hydrogens is 280 g/mol. The summed E-state index contributed by atoms with van der Waals surface area (Å²) in [6, 6.07) is 0. The number of ether oxygens (including phenoxy) is 1. The van der Waals surface area contributed by atoms with Crippen molar-refractivity contribution < 1.29 is 13.2 Å². The molecule has 3 nitrogen and oxygen atoms in total. The molecule has 0 aromatic carbocycles. The molecule has 0 saturated carbocycles. The van der Waals surface area contributed by atoms with Crippen LogP contribution in [0.3, 0.4) is 0 Å². The van der Waals surface area contributed by atoms with Crippen molar-refractivity contribution in [1.29, 1.82) is 0 Å². The van der Waals surface area contributed by atoms with Gasteiger partial charge in [-0.1, -0.05) is 29.3 Å². The van der Waals surface area contributed by atoms with Gasteiger partial charge in [0, 0.05) is 18.5 Å². The molecule has 1 aliphatic heterocycles. The van der Waals surface area contributed by atoms with E-state index in [1.165, 1.54) is 0 Å². The predicted molar refractivity (Wildman–Crippen MR) is 65.2 cm³/mol. The van der Waals surface area contributed by atoms with Crippen molar-refractivity contribution >= 4 is 25.8 Å². The average molecular weight is 299 g/mol. The summed E-state index contributed by atoms with van der Waals surface area (Å²) >= 11 is 3.36. The minimum Gasteiger partial charge on any atom is -0.381 e. The molecule has 90 valence electrons. The Hall–Kier alpha value is 0.390. The number of hydrogen-bond donors (Lipinski definition) is 0. The fourth-order valence-electron chi connectivity index (χ4n) is 1.77. The van der Waals surface area contributed by atoms with Gasteiger partial charge in [-0.2, -0.15) is 0 Å². The summed E-state index contributed by atoms with van der Waals surface area (Å²) in [7, 11) is -2.92. The topological polar surface area (TPSA) is 43.4 Å². The Labute approximate surface area is 101 Å². The smallest absolute Gasteiger partial charge is 0.153 e. The number of hydrogen-bond acceptors (Lipinski definition) is 3. The van der Waals surface area contributed by atoms with Crippen LogP contribution in [0.15, 0.2) is 0 Å². The third kappa shape index (κ3) is 4.04. The first kappa shape index (κ1) is 13.5. The van der Waals surface area contributed by atoms with Crippen LogP contribution in [0, 0.1) is 5.92 Å². The second kappa shape index (κ2) is 6.21. The van der Waals surface area contributed by atoms with E-state index >= 15 is 0 Å². The summed E-state index contributed by atoms with van der Waals surface area (Å²) < 4.78 is 29.3. The minimum atomic E-state index is -2.92. The maximum Gasteiger partial charge on any atom is 0.153 e. The molecule has 0 aromatic heterocycles. The number of sulfone groups is 1. The van der Waals surface area contributed by atoms with Crippen molar-refractivity contribution in [2.45, 2.75) is 31.4 Å². The molecule has 0 aromatic rings. The van der Waals surface area contributed by atoms with Crippen LogP contribution in [-0.2, 0) is 14.6 Å². The number of halogens is 1. The molecule has 1 aliphatic rings. The summed E-state index contributed by atoms with van der Waals surface area (Å²) in [6.45, 7) is 3.22. The van der Waals surface area contributed by atoms with Gasteiger partial charge in [0.25, 0.3) is 0 Å². The van der Waals surface area contributed by atoms with Crippen LogP contribution < -0.4 is 0 Å². The zero-order valence-corrected chi connectivity index (χ0v) is 11.5. The van der Waals surface area contributed by atoms with E-state index in [9.17, 15) is 8.42 Å². The van der Waals surface area contributed by atoms with E-state index in [-0.39, 0.29) is 11.2 Å². The number of rotatable bonds is 5. The lowest BCUT2D eigenvalue weighted by molar-refractivity contribution is 0.0983. The molecule has 0 amide bonds. The Kier molecular flexibility index (Phi) is 5.57. The van der Waals surface area contributed by atoms with E-state index in [4.69, 9.17) is 4.74 Å². The maximum absolute atomic E-state index is 12.0. The van der Waals surface area contributed by atoms with Crippen LogP contribution in [0.25, 0.3) is 0 Å². The number of alkyl halides is 1. The van der Waals surface area contributed by atoms with Gasteiger partial charge in [-0.05, 0) is 18.8 Å². The van der Waals surface area contributed by atoms with E-state index < -0.39 is 9.84 Å². The fourth-order valence-corrected chi connectivity index (χ4v) is 4.95. The molecule has 5 heteroatoms. The first-order chi connectivity index (χ1) is 7.10. The summed E-state index contributed by atoms with van der Waals surface area (Å²) in [4.78, 5) is 0. The normalized spacial score (nSPS) is 21.5. The largest absolute Gasteiger partial charge is 0.381 e. The highest BCUT2D eigenvalue weighted by Crippen LogP contribution is 2.20. The first-order valence-corrected chi connectivity index (χ1v) is 8.29. The van der Waals surface area contributed by atoms with Crippen molar-refractivity contribution in [2.75, 3.05) is 24.3 Å². The van der Waals surface area contributed by atoms with E-state index in [1.807, 2.05) is 6.92 Å². The molecule has 1 fully saturated rings. The third-order valence-corrected chi connectivity index (χ3v) is 6.28. The van der Waals surface area contributed by atoms with Gasteiger partial charge in [0.1, 0.15) is 0 Å². The van der Waals surface area contributed by atoms with Gasteiger partial charge in [0.2, 0.25) is 0 Å². The van der Waals surface area contributed by atoms with E-state index in [2.05, 4.69) is 15.9 Å². The Morgan fingerprint density at radius 1 is 1.40 bits per heavy atom. The van der Waals surface area contributed by atoms with E-state index in [0.29, 0.717) is 31.8 Å². The zero-order chi connectivity index (χ0) is 11.3. The second-order valence-corrected chi connectivity index (χ2v) is 7.04. The first-order valence-electron chi connectivity index (χ1n) is 5.45. The highest BCUT2D eigenvalue weighted by molar-refractivity contribution is 9.09. The van der Waals surface area contributed by atoms with Crippen LogP contribution in [0.2, 0.25) is 0 Å². The average Bonchev–Trinajstić information content (AvgIpc) is 2.27. The molecule has 1 atom stereocenters. The summed E-state index contributed by atoms with van der Waals surface area (Å²) in [5.41, 5.74) is 0. The van der Waals surface area contributed by atoms with Crippen molar-refractivity contribution in [1.82, 2.24) is 0 Å².